The van der Waals surface area contributed by atoms with E-state index in [1.165, 1.54) is 89.8 Å². The zero-order valence-electron chi connectivity index (χ0n) is 32.5. The lowest BCUT2D eigenvalue weighted by molar-refractivity contribution is -0.306. The number of allylic oxidation sites excluding steroid dienone is 2. The van der Waals surface area contributed by atoms with Crippen LogP contribution >= 0.6 is 0 Å². The Morgan fingerprint density at radius 1 is 0.679 bits per heavy atom. The van der Waals surface area contributed by atoms with E-state index in [1.807, 2.05) is 97.1 Å². The van der Waals surface area contributed by atoms with Gasteiger partial charge >= 0.3 is 5.97 Å². The van der Waals surface area contributed by atoms with E-state index < -0.39 is 23.8 Å². The van der Waals surface area contributed by atoms with E-state index in [0.717, 1.165) is 51.1 Å². The Bertz CT molecular complexity index is 1770. The van der Waals surface area contributed by atoms with Crippen LogP contribution < -0.4 is 5.11 Å². The maximum Gasteiger partial charge on any atom is 0.315 e. The molecule has 0 atom stereocenters. The van der Waals surface area contributed by atoms with Crippen molar-refractivity contribution >= 4 is 26.1 Å². The van der Waals surface area contributed by atoms with Crippen molar-refractivity contribution < 1.29 is 19.8 Å². The van der Waals surface area contributed by atoms with Crippen molar-refractivity contribution in [1.82, 2.24) is 9.80 Å². The Labute approximate surface area is 318 Å². The Morgan fingerprint density at radius 2 is 1.13 bits per heavy atom. The second-order valence-electron chi connectivity index (χ2n) is 14.2. The van der Waals surface area contributed by atoms with E-state index in [0.29, 0.717) is 8.34 Å². The summed E-state index contributed by atoms with van der Waals surface area (Å²) in [6.45, 7) is 6.25. The number of amidine groups is 1. The summed E-state index contributed by atoms with van der Waals surface area (Å²) < 4.78 is 11.5. The van der Waals surface area contributed by atoms with Crippen LogP contribution in [0.1, 0.15) is 91.9 Å². The smallest absolute Gasteiger partial charge is 0.315 e. The summed E-state index contributed by atoms with van der Waals surface area (Å²) >= 11 is 0. The predicted molar refractivity (Wildman–Crippen MR) is 214 cm³/mol. The lowest BCUT2D eigenvalue weighted by Gasteiger charge is -2.34. The quantitative estimate of drug-likeness (QED) is 0.227. The first-order chi connectivity index (χ1) is 26.9. The first-order valence-electron chi connectivity index (χ1n) is 20.2. The third-order valence-electron chi connectivity index (χ3n) is 11.0. The summed E-state index contributed by atoms with van der Waals surface area (Å²) in [6.07, 6.45) is 14.6. The van der Waals surface area contributed by atoms with Crippen LogP contribution in [-0.2, 0) is 9.59 Å². The summed E-state index contributed by atoms with van der Waals surface area (Å²) in [6, 6.07) is 30.6. The molecule has 2 saturated heterocycles. The van der Waals surface area contributed by atoms with Crippen LogP contribution in [0.4, 0.5) is 0 Å². The fourth-order valence-corrected chi connectivity index (χ4v) is 8.54. The summed E-state index contributed by atoms with van der Waals surface area (Å²) in [5.41, 5.74) is 9.22. The van der Waals surface area contributed by atoms with Gasteiger partial charge in [-0.1, -0.05) is 103 Å². The Balaban J connectivity index is 0.000000124. The van der Waals surface area contributed by atoms with Gasteiger partial charge in [0.2, 0.25) is 0 Å². The SMILES string of the molecule is C1=C2CCCCN2CCC1.C1CCN2CCCN=C2C1.O=C(O)C1c2ccccc2-c2ccccc21.O=C([O-])C1c2ccccc2-c2ccccc21.[2H][B][3H]. The number of hydrogen-bond acceptors (Lipinski definition) is 6. The number of fused-ring (bicyclic) bond motifs is 8. The van der Waals surface area contributed by atoms with Crippen LogP contribution in [0.15, 0.2) is 114 Å². The largest absolute Gasteiger partial charge is 0.549 e. The van der Waals surface area contributed by atoms with Gasteiger partial charge in [-0.3, -0.25) is 9.79 Å². The minimum Gasteiger partial charge on any atom is -0.549 e. The van der Waals surface area contributed by atoms with Crippen molar-refractivity contribution in [1.29, 1.82) is 2.67 Å². The van der Waals surface area contributed by atoms with E-state index in [2.05, 4.69) is 20.9 Å². The number of nitrogens with zero attached hydrogens (tertiary/aromatic N) is 3. The van der Waals surface area contributed by atoms with E-state index in [-0.39, 0.29) is 0 Å². The zero-order valence-corrected chi connectivity index (χ0v) is 30.5. The van der Waals surface area contributed by atoms with Crippen LogP contribution in [-0.4, -0.2) is 76.4 Å². The van der Waals surface area contributed by atoms with Gasteiger partial charge in [0.1, 0.15) is 5.92 Å². The first-order valence-corrected chi connectivity index (χ1v) is 19.0. The molecule has 7 nitrogen and oxygen atoms in total. The van der Waals surface area contributed by atoms with Crippen molar-refractivity contribution in [2.45, 2.75) is 69.6 Å². The standard InChI is InChI=1S/2C14H10O2.C9H15N.C8H14N2.BH2/c2*15-14(16)13-11-7-3-1-5-9(11)10-6-2-4-8-12(10)13;1-3-7-10-8-4-2-6-9(10)5-1;1-2-6-10-7-3-5-9-8(10)4-1;/h2*1-8,13H,(H,15,16);5H,1-4,6-8H2;1-7H2;1H2/p-1/i;;;;1TD. The second-order valence-corrected chi connectivity index (χ2v) is 14.2. The topological polar surface area (TPSA) is 96.3 Å². The van der Waals surface area contributed by atoms with Crippen molar-refractivity contribution in [2.24, 2.45) is 4.99 Å². The molecular weight excluding hydrogens is 657 g/mol. The molecule has 0 spiro atoms. The highest BCUT2D eigenvalue weighted by Crippen LogP contribution is 2.45. The Hall–Kier alpha value is -5.11. The number of aliphatic carboxylic acids is 2. The van der Waals surface area contributed by atoms with Gasteiger partial charge in [-0.2, -0.15) is 0 Å². The third kappa shape index (κ3) is 8.27. The summed E-state index contributed by atoms with van der Waals surface area (Å²) in [5, 5.41) is 20.5. The normalized spacial score (nSPS) is 18.0. The van der Waals surface area contributed by atoms with Gasteiger partial charge in [-0.25, -0.2) is 0 Å². The molecule has 4 aromatic rings. The zero-order chi connectivity index (χ0) is 38.6. The summed E-state index contributed by atoms with van der Waals surface area (Å²) in [4.78, 5) is 32.1. The van der Waals surface area contributed by atoms with E-state index in [9.17, 15) is 19.8 Å². The lowest BCUT2D eigenvalue weighted by atomic mass is 9.97. The molecule has 2 fully saturated rings. The third-order valence-corrected chi connectivity index (χ3v) is 11.0. The molecule has 4 aliphatic heterocycles. The molecule has 1 radical (unpaired) electrons. The Morgan fingerprint density at radius 3 is 1.62 bits per heavy atom. The molecule has 53 heavy (non-hydrogen) atoms. The predicted octanol–water partition coefficient (Wildman–Crippen LogP) is 6.94. The van der Waals surface area contributed by atoms with Crippen LogP contribution in [0, 0.1) is 0 Å². The minimum atomic E-state index is -1.03. The number of carbonyl (C=O) groups is 2. The van der Waals surface area contributed by atoms with Gasteiger partial charge in [0, 0.05) is 50.8 Å². The van der Waals surface area contributed by atoms with Crippen molar-refractivity contribution in [3.05, 3.63) is 131 Å². The maximum absolute atomic E-state index is 11.3. The highest BCUT2D eigenvalue weighted by Gasteiger charge is 2.33. The number of benzene rings is 4. The van der Waals surface area contributed by atoms with Crippen LogP contribution in [0.2, 0.25) is 0 Å². The molecule has 8 heteroatoms. The minimum absolute atomic E-state index is 0.500. The van der Waals surface area contributed by atoms with Crippen LogP contribution in [0.5, 0.6) is 0 Å². The molecular formula is C45H50BN3O4-. The average molecular weight is 711 g/mol. The number of piperidine rings is 2. The molecule has 4 heterocycles. The molecule has 0 bridgehead atoms. The lowest BCUT2D eigenvalue weighted by Crippen LogP contribution is -2.39. The van der Waals surface area contributed by atoms with E-state index >= 15 is 0 Å². The van der Waals surface area contributed by atoms with E-state index in [4.69, 9.17) is 2.67 Å². The Kier molecular flexibility index (Phi) is 11.6. The van der Waals surface area contributed by atoms with Crippen LogP contribution in [0.25, 0.3) is 22.3 Å². The molecule has 1 N–H and O–H groups in total. The van der Waals surface area contributed by atoms with E-state index in [1.54, 1.807) is 5.70 Å². The van der Waals surface area contributed by atoms with Gasteiger partial charge in [-0.05, 0) is 98.5 Å². The number of carboxylic acid groups (broad SMARTS) is 2. The summed E-state index contributed by atoms with van der Waals surface area (Å²) in [7, 11) is 0.500. The molecule has 0 saturated carbocycles. The first kappa shape index (κ1) is 35.0. The van der Waals surface area contributed by atoms with Gasteiger partial charge in [0.25, 0.3) is 0 Å². The number of carbonyl (C=O) groups excluding carboxylic acids is 1. The van der Waals surface area contributed by atoms with Gasteiger partial charge in [0.15, 0.2) is 0 Å². The van der Waals surface area contributed by atoms with Crippen LogP contribution in [0.3, 0.4) is 0 Å². The number of aliphatic imine (C=N–C) groups is 1. The molecule has 2 aliphatic carbocycles. The highest BCUT2D eigenvalue weighted by molar-refractivity contribution is 5.93. The number of carboxylic acids is 2. The van der Waals surface area contributed by atoms with Crippen molar-refractivity contribution in [3.63, 3.8) is 0 Å². The monoisotopic (exact) mass is 710 g/mol. The fourth-order valence-electron chi connectivity index (χ4n) is 8.54. The highest BCUT2D eigenvalue weighted by atomic mass is 16.4. The molecule has 0 unspecified atom stereocenters. The van der Waals surface area contributed by atoms with Crippen molar-refractivity contribution in [3.8, 4) is 22.3 Å². The average Bonchev–Trinajstić information content (AvgIpc) is 3.76. The van der Waals surface area contributed by atoms with Crippen molar-refractivity contribution in [2.75, 3.05) is 32.7 Å². The summed E-state index contributed by atoms with van der Waals surface area (Å²) in [5.74, 6) is -1.55. The second kappa shape index (κ2) is 17.6. The molecule has 273 valence electrons. The molecule has 0 aromatic heterocycles. The van der Waals surface area contributed by atoms with Gasteiger partial charge in [0.05, 0.1) is 20.1 Å². The van der Waals surface area contributed by atoms with Gasteiger partial charge in [-0.15, -0.1) is 0 Å². The number of hydrogen-bond donors (Lipinski definition) is 1. The maximum atomic E-state index is 11.3. The fraction of sp³-hybridized carbons (Fsp3) is 0.356. The molecule has 10 rings (SSSR count). The molecule has 0 amide bonds. The van der Waals surface area contributed by atoms with Gasteiger partial charge < -0.3 is 24.8 Å². The number of rotatable bonds is 2. The molecule has 6 aliphatic rings. The molecule has 4 aromatic carbocycles.